The molecule has 1 saturated heterocycles. The van der Waals surface area contributed by atoms with Gasteiger partial charge in [0, 0.05) is 25.6 Å². The van der Waals surface area contributed by atoms with E-state index in [-0.39, 0.29) is 12.0 Å². The summed E-state index contributed by atoms with van der Waals surface area (Å²) < 4.78 is 5.65. The van der Waals surface area contributed by atoms with Crippen LogP contribution in [0, 0.1) is 5.92 Å². The molecule has 1 N–H and O–H groups in total. The van der Waals surface area contributed by atoms with E-state index in [0.717, 1.165) is 50.2 Å². The third-order valence-electron chi connectivity index (χ3n) is 4.98. The van der Waals surface area contributed by atoms with E-state index in [1.54, 1.807) is 0 Å². The molecule has 0 aliphatic carbocycles. The van der Waals surface area contributed by atoms with Crippen molar-refractivity contribution in [2.24, 2.45) is 5.92 Å². The van der Waals surface area contributed by atoms with Crippen molar-refractivity contribution in [3.63, 3.8) is 0 Å². The standard InChI is InChI=1S/C22H28ClNO2/c1-2-12-26-22-9-8-18(14-20(22)23)13-19-16-24(11-10-21(19)25)15-17-6-4-3-5-7-17/h3-9,14,19,21,25H,2,10-13,15-16H2,1H3. The van der Waals surface area contributed by atoms with Crippen LogP contribution in [0.3, 0.4) is 0 Å². The highest BCUT2D eigenvalue weighted by molar-refractivity contribution is 6.32. The van der Waals surface area contributed by atoms with E-state index in [0.29, 0.717) is 11.6 Å². The first-order valence-electron chi connectivity index (χ1n) is 9.51. The summed E-state index contributed by atoms with van der Waals surface area (Å²) in [6.45, 7) is 5.54. The Morgan fingerprint density at radius 2 is 1.96 bits per heavy atom. The van der Waals surface area contributed by atoms with Crippen LogP contribution >= 0.6 is 11.6 Å². The molecule has 26 heavy (non-hydrogen) atoms. The van der Waals surface area contributed by atoms with Crippen LogP contribution in [0.15, 0.2) is 48.5 Å². The molecule has 2 aromatic carbocycles. The number of halogens is 1. The Kier molecular flexibility index (Phi) is 6.95. The summed E-state index contributed by atoms with van der Waals surface area (Å²) >= 11 is 6.36. The molecule has 0 radical (unpaired) electrons. The molecular weight excluding hydrogens is 346 g/mol. The number of piperidine rings is 1. The van der Waals surface area contributed by atoms with Gasteiger partial charge in [0.25, 0.3) is 0 Å². The van der Waals surface area contributed by atoms with Gasteiger partial charge in [0.2, 0.25) is 0 Å². The molecule has 3 nitrogen and oxygen atoms in total. The summed E-state index contributed by atoms with van der Waals surface area (Å²) in [5.74, 6) is 0.970. The van der Waals surface area contributed by atoms with Gasteiger partial charge < -0.3 is 9.84 Å². The molecule has 4 heteroatoms. The van der Waals surface area contributed by atoms with Crippen molar-refractivity contribution in [2.45, 2.75) is 38.8 Å². The van der Waals surface area contributed by atoms with E-state index < -0.39 is 0 Å². The van der Waals surface area contributed by atoms with Crippen LogP contribution in [0.25, 0.3) is 0 Å². The van der Waals surface area contributed by atoms with Gasteiger partial charge in [0.1, 0.15) is 5.75 Å². The average Bonchev–Trinajstić information content (AvgIpc) is 2.65. The molecular formula is C22H28ClNO2. The molecule has 0 bridgehead atoms. The second-order valence-electron chi connectivity index (χ2n) is 7.15. The first kappa shape index (κ1) is 19.2. The normalized spacial score (nSPS) is 20.9. The lowest BCUT2D eigenvalue weighted by molar-refractivity contribution is 0.0239. The molecule has 140 valence electrons. The number of aliphatic hydroxyl groups is 1. The topological polar surface area (TPSA) is 32.7 Å². The highest BCUT2D eigenvalue weighted by atomic mass is 35.5. The quantitative estimate of drug-likeness (QED) is 0.772. The first-order chi connectivity index (χ1) is 12.7. The highest BCUT2D eigenvalue weighted by Crippen LogP contribution is 2.29. The SMILES string of the molecule is CCCOc1ccc(CC2CN(Cc3ccccc3)CCC2O)cc1Cl. The van der Waals surface area contributed by atoms with Gasteiger partial charge in [-0.1, -0.05) is 54.9 Å². The summed E-state index contributed by atoms with van der Waals surface area (Å²) in [4.78, 5) is 2.44. The van der Waals surface area contributed by atoms with E-state index in [9.17, 15) is 5.11 Å². The van der Waals surface area contributed by atoms with Gasteiger partial charge in [-0.2, -0.15) is 0 Å². The number of hydrogen-bond donors (Lipinski definition) is 1. The zero-order valence-electron chi connectivity index (χ0n) is 15.4. The molecule has 0 saturated carbocycles. The summed E-state index contributed by atoms with van der Waals surface area (Å²) in [6.07, 6.45) is 2.36. The maximum atomic E-state index is 10.5. The largest absolute Gasteiger partial charge is 0.492 e. The zero-order chi connectivity index (χ0) is 18.4. The summed E-state index contributed by atoms with van der Waals surface area (Å²) in [5.41, 5.74) is 2.48. The number of ether oxygens (including phenoxy) is 1. The number of aliphatic hydroxyl groups excluding tert-OH is 1. The molecule has 1 aliphatic rings. The van der Waals surface area contributed by atoms with E-state index in [1.165, 1.54) is 5.56 Å². The number of hydrogen-bond acceptors (Lipinski definition) is 3. The van der Waals surface area contributed by atoms with Crippen LogP contribution in [0.2, 0.25) is 5.02 Å². The molecule has 0 amide bonds. The van der Waals surface area contributed by atoms with Crippen molar-refractivity contribution >= 4 is 11.6 Å². The second-order valence-corrected chi connectivity index (χ2v) is 7.56. The van der Waals surface area contributed by atoms with Crippen LogP contribution in [0.4, 0.5) is 0 Å². The van der Waals surface area contributed by atoms with Gasteiger partial charge >= 0.3 is 0 Å². The van der Waals surface area contributed by atoms with E-state index in [4.69, 9.17) is 16.3 Å². The third-order valence-corrected chi connectivity index (χ3v) is 5.28. The van der Waals surface area contributed by atoms with Crippen molar-refractivity contribution in [1.29, 1.82) is 0 Å². The first-order valence-corrected chi connectivity index (χ1v) is 9.89. The zero-order valence-corrected chi connectivity index (χ0v) is 16.2. The number of rotatable bonds is 7. The minimum atomic E-state index is -0.253. The summed E-state index contributed by atoms with van der Waals surface area (Å²) in [6, 6.07) is 16.5. The van der Waals surface area contributed by atoms with Crippen LogP contribution in [0.1, 0.15) is 30.9 Å². The summed E-state index contributed by atoms with van der Waals surface area (Å²) in [5, 5.41) is 11.1. The van der Waals surface area contributed by atoms with Crippen LogP contribution in [-0.4, -0.2) is 35.8 Å². The van der Waals surface area contributed by atoms with Gasteiger partial charge in [-0.25, -0.2) is 0 Å². The maximum Gasteiger partial charge on any atom is 0.137 e. The number of benzene rings is 2. The fraction of sp³-hybridized carbons (Fsp3) is 0.455. The molecule has 2 unspecified atom stereocenters. The number of likely N-dealkylation sites (tertiary alicyclic amines) is 1. The van der Waals surface area contributed by atoms with Crippen molar-refractivity contribution in [2.75, 3.05) is 19.7 Å². The van der Waals surface area contributed by atoms with Crippen LogP contribution < -0.4 is 4.74 Å². The van der Waals surface area contributed by atoms with Crippen molar-refractivity contribution in [3.05, 3.63) is 64.7 Å². The fourth-order valence-corrected chi connectivity index (χ4v) is 3.84. The predicted octanol–water partition coefficient (Wildman–Crippen LogP) is 4.55. The van der Waals surface area contributed by atoms with Gasteiger partial charge in [-0.05, 0) is 42.5 Å². The van der Waals surface area contributed by atoms with Crippen LogP contribution in [-0.2, 0) is 13.0 Å². The molecule has 1 fully saturated rings. The Bertz CT molecular complexity index is 692. The van der Waals surface area contributed by atoms with Crippen molar-refractivity contribution in [3.8, 4) is 5.75 Å². The molecule has 3 rings (SSSR count). The number of nitrogens with zero attached hydrogens (tertiary/aromatic N) is 1. The Balaban J connectivity index is 1.61. The third kappa shape index (κ3) is 5.23. The minimum absolute atomic E-state index is 0.228. The molecule has 0 aromatic heterocycles. The fourth-order valence-electron chi connectivity index (χ4n) is 3.58. The molecule has 1 aliphatic heterocycles. The second kappa shape index (κ2) is 9.40. The highest BCUT2D eigenvalue weighted by Gasteiger charge is 2.28. The van der Waals surface area contributed by atoms with Gasteiger partial charge in [0.15, 0.2) is 0 Å². The molecule has 0 spiro atoms. The van der Waals surface area contributed by atoms with Gasteiger partial charge in [-0.15, -0.1) is 0 Å². The van der Waals surface area contributed by atoms with Crippen LogP contribution in [0.5, 0.6) is 5.75 Å². The molecule has 2 aromatic rings. The van der Waals surface area contributed by atoms with Gasteiger partial charge in [-0.3, -0.25) is 4.90 Å². The lowest BCUT2D eigenvalue weighted by atomic mass is 9.88. The average molecular weight is 374 g/mol. The Morgan fingerprint density at radius 3 is 2.69 bits per heavy atom. The molecule has 1 heterocycles. The Hall–Kier alpha value is -1.55. The molecule has 2 atom stereocenters. The lowest BCUT2D eigenvalue weighted by Crippen LogP contribution is -2.43. The lowest BCUT2D eigenvalue weighted by Gasteiger charge is -2.36. The smallest absolute Gasteiger partial charge is 0.137 e. The summed E-state index contributed by atoms with van der Waals surface area (Å²) in [7, 11) is 0. The minimum Gasteiger partial charge on any atom is -0.492 e. The van der Waals surface area contributed by atoms with E-state index in [2.05, 4.69) is 42.2 Å². The van der Waals surface area contributed by atoms with E-state index >= 15 is 0 Å². The predicted molar refractivity (Wildman–Crippen MR) is 107 cm³/mol. The van der Waals surface area contributed by atoms with E-state index in [1.807, 2.05) is 18.2 Å². The van der Waals surface area contributed by atoms with Crippen molar-refractivity contribution in [1.82, 2.24) is 4.90 Å². The maximum absolute atomic E-state index is 10.5. The monoisotopic (exact) mass is 373 g/mol. The van der Waals surface area contributed by atoms with Crippen molar-refractivity contribution < 1.29 is 9.84 Å². The van der Waals surface area contributed by atoms with Gasteiger partial charge in [0.05, 0.1) is 17.7 Å². The Labute approximate surface area is 161 Å². The Morgan fingerprint density at radius 1 is 1.15 bits per heavy atom.